The first-order valence-electron chi connectivity index (χ1n) is 8.73. The van der Waals surface area contributed by atoms with Crippen LogP contribution in [0.25, 0.3) is 0 Å². The molecule has 1 aromatic rings. The molecule has 2 atom stereocenters. The number of amides is 2. The average molecular weight is 331 g/mol. The fourth-order valence-electron chi connectivity index (χ4n) is 2.96. The van der Waals surface area contributed by atoms with Crippen LogP contribution in [0.3, 0.4) is 0 Å². The van der Waals surface area contributed by atoms with Crippen molar-refractivity contribution in [3.63, 3.8) is 0 Å². The molecule has 0 saturated heterocycles. The van der Waals surface area contributed by atoms with Crippen molar-refractivity contribution in [2.75, 3.05) is 13.6 Å². The summed E-state index contributed by atoms with van der Waals surface area (Å²) in [6, 6.07) is 7.85. The minimum Gasteiger partial charge on any atom is -0.353 e. The minimum absolute atomic E-state index is 0.0568. The first kappa shape index (κ1) is 18.5. The second kappa shape index (κ2) is 8.29. The molecular weight excluding hydrogens is 302 g/mol. The lowest BCUT2D eigenvalue weighted by Crippen LogP contribution is -2.54. The van der Waals surface area contributed by atoms with Gasteiger partial charge in [-0.05, 0) is 31.0 Å². The molecule has 2 N–H and O–H groups in total. The molecule has 5 nitrogen and oxygen atoms in total. The third kappa shape index (κ3) is 4.57. The van der Waals surface area contributed by atoms with Crippen molar-refractivity contribution in [2.24, 2.45) is 5.92 Å². The van der Waals surface area contributed by atoms with Gasteiger partial charge in [0.15, 0.2) is 0 Å². The minimum atomic E-state index is -0.421. The van der Waals surface area contributed by atoms with E-state index in [1.165, 1.54) is 0 Å². The van der Waals surface area contributed by atoms with Gasteiger partial charge in [0.25, 0.3) is 0 Å². The largest absolute Gasteiger partial charge is 0.353 e. The van der Waals surface area contributed by atoms with Gasteiger partial charge in [0, 0.05) is 32.0 Å². The number of fused-ring (bicyclic) bond motifs is 1. The maximum Gasteiger partial charge on any atom is 0.243 e. The SMILES string of the molecule is CNC(C)CNC(=O)C1Cc2ccccc2CN1C(=O)CC(C)C. The maximum atomic E-state index is 12.7. The van der Waals surface area contributed by atoms with Crippen molar-refractivity contribution >= 4 is 11.8 Å². The van der Waals surface area contributed by atoms with E-state index in [0.29, 0.717) is 25.9 Å². The topological polar surface area (TPSA) is 61.4 Å². The first-order valence-corrected chi connectivity index (χ1v) is 8.73. The standard InChI is InChI=1S/C19H29N3O2/c1-13(2)9-18(23)22-12-16-8-6-5-7-15(16)10-17(22)19(24)21-11-14(3)20-4/h5-8,13-14,17,20H,9-12H2,1-4H3,(H,21,24). The number of hydrogen-bond acceptors (Lipinski definition) is 3. The van der Waals surface area contributed by atoms with Crippen molar-refractivity contribution in [1.29, 1.82) is 0 Å². The highest BCUT2D eigenvalue weighted by Gasteiger charge is 2.34. The zero-order valence-electron chi connectivity index (χ0n) is 15.1. The lowest BCUT2D eigenvalue weighted by Gasteiger charge is -2.36. The highest BCUT2D eigenvalue weighted by molar-refractivity contribution is 5.88. The molecule has 1 aliphatic rings. The van der Waals surface area contributed by atoms with Crippen molar-refractivity contribution in [3.8, 4) is 0 Å². The van der Waals surface area contributed by atoms with Gasteiger partial charge in [-0.2, -0.15) is 0 Å². The summed E-state index contributed by atoms with van der Waals surface area (Å²) < 4.78 is 0. The molecular formula is C19H29N3O2. The van der Waals surface area contributed by atoms with Gasteiger partial charge >= 0.3 is 0 Å². The third-order valence-electron chi connectivity index (χ3n) is 4.53. The van der Waals surface area contributed by atoms with Gasteiger partial charge < -0.3 is 15.5 Å². The van der Waals surface area contributed by atoms with Crippen LogP contribution in [-0.4, -0.2) is 42.4 Å². The van der Waals surface area contributed by atoms with E-state index < -0.39 is 6.04 Å². The van der Waals surface area contributed by atoms with Crippen molar-refractivity contribution < 1.29 is 9.59 Å². The molecule has 2 unspecified atom stereocenters. The Morgan fingerprint density at radius 3 is 2.50 bits per heavy atom. The summed E-state index contributed by atoms with van der Waals surface area (Å²) in [7, 11) is 1.87. The van der Waals surface area contributed by atoms with E-state index >= 15 is 0 Å². The van der Waals surface area contributed by atoms with Gasteiger partial charge in [-0.3, -0.25) is 9.59 Å². The summed E-state index contributed by atoms with van der Waals surface area (Å²) in [6.45, 7) is 7.14. The molecule has 24 heavy (non-hydrogen) atoms. The van der Waals surface area contributed by atoms with Crippen LogP contribution in [0, 0.1) is 5.92 Å². The molecule has 0 bridgehead atoms. The van der Waals surface area contributed by atoms with E-state index in [9.17, 15) is 9.59 Å². The Morgan fingerprint density at radius 1 is 1.21 bits per heavy atom. The smallest absolute Gasteiger partial charge is 0.243 e. The lowest BCUT2D eigenvalue weighted by atomic mass is 9.92. The summed E-state index contributed by atoms with van der Waals surface area (Å²) in [5.41, 5.74) is 2.30. The summed E-state index contributed by atoms with van der Waals surface area (Å²) in [6.07, 6.45) is 1.05. The Hall–Kier alpha value is -1.88. The van der Waals surface area contributed by atoms with Gasteiger partial charge in [-0.15, -0.1) is 0 Å². The van der Waals surface area contributed by atoms with Crippen LogP contribution < -0.4 is 10.6 Å². The van der Waals surface area contributed by atoms with Crippen LogP contribution in [0.2, 0.25) is 0 Å². The number of nitrogens with zero attached hydrogens (tertiary/aromatic N) is 1. The summed E-state index contributed by atoms with van der Waals surface area (Å²) in [4.78, 5) is 27.1. The number of carbonyl (C=O) groups excluding carboxylic acids is 2. The van der Waals surface area contributed by atoms with Gasteiger partial charge in [0.1, 0.15) is 6.04 Å². The number of nitrogens with one attached hydrogen (secondary N) is 2. The van der Waals surface area contributed by atoms with Gasteiger partial charge in [0.05, 0.1) is 0 Å². The molecule has 0 fully saturated rings. The van der Waals surface area contributed by atoms with E-state index in [2.05, 4.69) is 16.7 Å². The Kier molecular flexibility index (Phi) is 6.37. The Balaban J connectivity index is 2.17. The van der Waals surface area contributed by atoms with Gasteiger partial charge in [-0.25, -0.2) is 0 Å². The number of likely N-dealkylation sites (N-methyl/N-ethyl adjacent to an activating group) is 1. The summed E-state index contributed by atoms with van der Waals surface area (Å²) >= 11 is 0. The van der Waals surface area contributed by atoms with E-state index in [1.807, 2.05) is 46.0 Å². The quantitative estimate of drug-likeness (QED) is 0.834. The van der Waals surface area contributed by atoms with Gasteiger partial charge in [-0.1, -0.05) is 38.1 Å². The second-order valence-electron chi connectivity index (χ2n) is 7.04. The number of carbonyl (C=O) groups is 2. The monoisotopic (exact) mass is 331 g/mol. The van der Waals surface area contributed by atoms with Crippen LogP contribution in [0.5, 0.6) is 0 Å². The van der Waals surface area contributed by atoms with Gasteiger partial charge in [0.2, 0.25) is 11.8 Å². The van der Waals surface area contributed by atoms with E-state index in [4.69, 9.17) is 0 Å². The lowest BCUT2D eigenvalue weighted by molar-refractivity contribution is -0.142. The number of rotatable bonds is 6. The van der Waals surface area contributed by atoms with Crippen LogP contribution >= 0.6 is 0 Å². The molecule has 1 heterocycles. The molecule has 0 aromatic heterocycles. The van der Waals surface area contributed by atoms with Crippen molar-refractivity contribution in [3.05, 3.63) is 35.4 Å². The fourth-order valence-corrected chi connectivity index (χ4v) is 2.96. The van der Waals surface area contributed by atoms with Crippen LogP contribution in [-0.2, 0) is 22.6 Å². The number of benzene rings is 1. The van der Waals surface area contributed by atoms with Crippen LogP contribution in [0.15, 0.2) is 24.3 Å². The maximum absolute atomic E-state index is 12.7. The van der Waals surface area contributed by atoms with E-state index in [-0.39, 0.29) is 23.8 Å². The molecule has 2 amide bonds. The normalized spacial score (nSPS) is 18.2. The summed E-state index contributed by atoms with van der Waals surface area (Å²) in [5.74, 6) is 0.271. The molecule has 1 aromatic carbocycles. The van der Waals surface area contributed by atoms with Crippen molar-refractivity contribution in [2.45, 2.75) is 52.2 Å². The second-order valence-corrected chi connectivity index (χ2v) is 7.04. The number of hydrogen-bond donors (Lipinski definition) is 2. The molecule has 1 aliphatic heterocycles. The molecule has 0 saturated carbocycles. The molecule has 2 rings (SSSR count). The Labute approximate surface area is 144 Å². The third-order valence-corrected chi connectivity index (χ3v) is 4.53. The zero-order chi connectivity index (χ0) is 17.7. The van der Waals surface area contributed by atoms with Crippen LogP contribution in [0.1, 0.15) is 38.3 Å². The predicted octanol–water partition coefficient (Wildman–Crippen LogP) is 1.71. The first-order chi connectivity index (χ1) is 11.4. The Morgan fingerprint density at radius 2 is 1.88 bits per heavy atom. The Bertz CT molecular complexity index is 586. The van der Waals surface area contributed by atoms with Crippen molar-refractivity contribution in [1.82, 2.24) is 15.5 Å². The zero-order valence-corrected chi connectivity index (χ0v) is 15.1. The molecule has 0 radical (unpaired) electrons. The predicted molar refractivity (Wildman–Crippen MR) is 95.5 cm³/mol. The average Bonchev–Trinajstić information content (AvgIpc) is 2.57. The van der Waals surface area contributed by atoms with Crippen LogP contribution in [0.4, 0.5) is 0 Å². The molecule has 0 spiro atoms. The molecule has 5 heteroatoms. The molecule has 132 valence electrons. The summed E-state index contributed by atoms with van der Waals surface area (Å²) in [5, 5.41) is 6.08. The van der Waals surface area contributed by atoms with E-state index in [0.717, 1.165) is 11.1 Å². The fraction of sp³-hybridized carbons (Fsp3) is 0.579. The molecule has 0 aliphatic carbocycles. The highest BCUT2D eigenvalue weighted by atomic mass is 16.2. The highest BCUT2D eigenvalue weighted by Crippen LogP contribution is 2.24. The van der Waals surface area contributed by atoms with E-state index in [1.54, 1.807) is 4.90 Å².